The van der Waals surface area contributed by atoms with Crippen molar-refractivity contribution in [3.8, 4) is 5.75 Å². The monoisotopic (exact) mass is 477 g/mol. The molecule has 2 aromatic carbocycles. The number of ether oxygens (including phenoxy) is 2. The maximum Gasteiger partial charge on any atom is 0.256 e. The fourth-order valence-electron chi connectivity index (χ4n) is 5.42. The zero-order chi connectivity index (χ0) is 24.4. The van der Waals surface area contributed by atoms with E-state index >= 15 is 0 Å². The maximum atomic E-state index is 13.7. The third-order valence-electron chi connectivity index (χ3n) is 7.35. The number of nitrogens with zero attached hydrogens (tertiary/aromatic N) is 3. The lowest BCUT2D eigenvalue weighted by Crippen LogP contribution is -2.60. The summed E-state index contributed by atoms with van der Waals surface area (Å²) in [4.78, 5) is 45.6. The summed E-state index contributed by atoms with van der Waals surface area (Å²) >= 11 is 0. The number of piperidine rings is 1. The van der Waals surface area contributed by atoms with Crippen LogP contribution in [-0.2, 0) is 9.53 Å². The molecule has 8 nitrogen and oxygen atoms in total. The fourth-order valence-corrected chi connectivity index (χ4v) is 5.42. The van der Waals surface area contributed by atoms with Gasteiger partial charge in [0, 0.05) is 50.1 Å². The van der Waals surface area contributed by atoms with Crippen molar-refractivity contribution in [3.05, 3.63) is 65.7 Å². The lowest BCUT2D eigenvalue weighted by atomic mass is 9.96. The Bertz CT molecular complexity index is 1090. The Morgan fingerprint density at radius 3 is 2.23 bits per heavy atom. The van der Waals surface area contributed by atoms with Crippen molar-refractivity contribution in [2.45, 2.75) is 37.5 Å². The van der Waals surface area contributed by atoms with E-state index in [0.717, 1.165) is 25.9 Å². The number of likely N-dealkylation sites (tertiary alicyclic amines) is 2. The molecule has 2 aromatic rings. The molecule has 3 amide bonds. The quantitative estimate of drug-likeness (QED) is 0.677. The SMILES string of the molecule is COc1cccc(C(=O)N2CCC3(CC2)OC[C@@H](C(=O)N2CCCC2)N3C(=O)c2ccccc2)c1. The number of methoxy groups -OCH3 is 1. The van der Waals surface area contributed by atoms with Gasteiger partial charge in [0.1, 0.15) is 17.5 Å². The van der Waals surface area contributed by atoms with Crippen molar-refractivity contribution >= 4 is 17.7 Å². The second kappa shape index (κ2) is 9.70. The Balaban J connectivity index is 1.38. The molecule has 0 aromatic heterocycles. The maximum absolute atomic E-state index is 13.7. The minimum atomic E-state index is -0.905. The summed E-state index contributed by atoms with van der Waals surface area (Å²) < 4.78 is 11.6. The van der Waals surface area contributed by atoms with Crippen LogP contribution in [0.2, 0.25) is 0 Å². The van der Waals surface area contributed by atoms with Crippen LogP contribution in [0.25, 0.3) is 0 Å². The first-order chi connectivity index (χ1) is 17.0. The van der Waals surface area contributed by atoms with Crippen LogP contribution in [0.3, 0.4) is 0 Å². The molecule has 3 heterocycles. The largest absolute Gasteiger partial charge is 0.497 e. The molecular weight excluding hydrogens is 446 g/mol. The van der Waals surface area contributed by atoms with Crippen LogP contribution in [0.15, 0.2) is 54.6 Å². The molecule has 3 saturated heterocycles. The van der Waals surface area contributed by atoms with Crippen molar-refractivity contribution in [2.24, 2.45) is 0 Å². The van der Waals surface area contributed by atoms with E-state index in [4.69, 9.17) is 9.47 Å². The predicted octanol–water partition coefficient (Wildman–Crippen LogP) is 2.79. The summed E-state index contributed by atoms with van der Waals surface area (Å²) in [5, 5.41) is 0. The molecule has 35 heavy (non-hydrogen) atoms. The predicted molar refractivity (Wildman–Crippen MR) is 129 cm³/mol. The summed E-state index contributed by atoms with van der Waals surface area (Å²) in [7, 11) is 1.57. The smallest absolute Gasteiger partial charge is 0.256 e. The van der Waals surface area contributed by atoms with E-state index in [1.54, 1.807) is 53.3 Å². The van der Waals surface area contributed by atoms with E-state index in [2.05, 4.69) is 0 Å². The number of amides is 3. The van der Waals surface area contributed by atoms with Crippen molar-refractivity contribution < 1.29 is 23.9 Å². The summed E-state index contributed by atoms with van der Waals surface area (Å²) in [6.45, 7) is 2.48. The summed E-state index contributed by atoms with van der Waals surface area (Å²) in [5.74, 6) is 0.306. The van der Waals surface area contributed by atoms with E-state index in [1.807, 2.05) is 23.1 Å². The average Bonchev–Trinajstić information content (AvgIpc) is 3.58. The van der Waals surface area contributed by atoms with Gasteiger partial charge in [0.05, 0.1) is 13.7 Å². The highest BCUT2D eigenvalue weighted by molar-refractivity contribution is 5.98. The lowest BCUT2D eigenvalue weighted by Gasteiger charge is -2.44. The second-order valence-electron chi connectivity index (χ2n) is 9.37. The van der Waals surface area contributed by atoms with E-state index in [0.29, 0.717) is 42.8 Å². The number of hydrogen-bond acceptors (Lipinski definition) is 5. The van der Waals surface area contributed by atoms with E-state index < -0.39 is 11.8 Å². The molecule has 0 radical (unpaired) electrons. The number of carbonyl (C=O) groups excluding carboxylic acids is 3. The van der Waals surface area contributed by atoms with Gasteiger partial charge in [-0.1, -0.05) is 24.3 Å². The summed E-state index contributed by atoms with van der Waals surface area (Å²) in [5.41, 5.74) is 0.191. The van der Waals surface area contributed by atoms with Crippen molar-refractivity contribution in [3.63, 3.8) is 0 Å². The van der Waals surface area contributed by atoms with Gasteiger partial charge < -0.3 is 19.3 Å². The standard InChI is InChI=1S/C27H31N3O5/c1-34-22-11-7-10-21(18-22)24(31)29-16-12-27(13-17-29)30(25(32)20-8-3-2-4-9-20)23(19-35-27)26(33)28-14-5-6-15-28/h2-4,7-11,18,23H,5-6,12-17,19H2,1H3/t23-/m0/s1. The Hall–Kier alpha value is -3.39. The molecular formula is C27H31N3O5. The molecule has 0 N–H and O–H groups in total. The van der Waals surface area contributed by atoms with Gasteiger partial charge in [0.25, 0.3) is 11.8 Å². The van der Waals surface area contributed by atoms with Crippen LogP contribution in [0.5, 0.6) is 5.75 Å². The summed E-state index contributed by atoms with van der Waals surface area (Å²) in [6.07, 6.45) is 2.87. The first-order valence-corrected chi connectivity index (χ1v) is 12.3. The molecule has 184 valence electrons. The fraction of sp³-hybridized carbons (Fsp3) is 0.444. The van der Waals surface area contributed by atoms with Gasteiger partial charge in [-0.2, -0.15) is 0 Å². The number of carbonyl (C=O) groups is 3. The van der Waals surface area contributed by atoms with Gasteiger partial charge in [0.2, 0.25) is 5.91 Å². The second-order valence-corrected chi connectivity index (χ2v) is 9.37. The van der Waals surface area contributed by atoms with Crippen LogP contribution in [0, 0.1) is 0 Å². The zero-order valence-corrected chi connectivity index (χ0v) is 20.0. The molecule has 3 aliphatic heterocycles. The topological polar surface area (TPSA) is 79.4 Å². The molecule has 0 aliphatic carbocycles. The van der Waals surface area contributed by atoms with Crippen LogP contribution in [0.1, 0.15) is 46.4 Å². The van der Waals surface area contributed by atoms with Gasteiger partial charge in [-0.25, -0.2) is 0 Å². The Morgan fingerprint density at radius 2 is 1.54 bits per heavy atom. The Labute approximate surface area is 205 Å². The Morgan fingerprint density at radius 1 is 0.857 bits per heavy atom. The van der Waals surface area contributed by atoms with Crippen LogP contribution in [0.4, 0.5) is 0 Å². The zero-order valence-electron chi connectivity index (χ0n) is 20.0. The van der Waals surface area contributed by atoms with Crippen molar-refractivity contribution in [1.29, 1.82) is 0 Å². The van der Waals surface area contributed by atoms with Crippen LogP contribution >= 0.6 is 0 Å². The normalized spacial score (nSPS) is 21.4. The highest BCUT2D eigenvalue weighted by atomic mass is 16.5. The molecule has 0 bridgehead atoms. The molecule has 3 fully saturated rings. The summed E-state index contributed by atoms with van der Waals surface area (Å²) in [6, 6.07) is 15.5. The molecule has 3 aliphatic rings. The lowest BCUT2D eigenvalue weighted by molar-refractivity contribution is -0.136. The van der Waals surface area contributed by atoms with E-state index in [-0.39, 0.29) is 24.3 Å². The van der Waals surface area contributed by atoms with Gasteiger partial charge >= 0.3 is 0 Å². The molecule has 1 spiro atoms. The molecule has 1 atom stereocenters. The first kappa shape index (κ1) is 23.4. The van der Waals surface area contributed by atoms with E-state index in [1.165, 1.54) is 0 Å². The van der Waals surface area contributed by atoms with Gasteiger partial charge in [-0.15, -0.1) is 0 Å². The first-order valence-electron chi connectivity index (χ1n) is 12.3. The number of rotatable bonds is 4. The van der Waals surface area contributed by atoms with Gasteiger partial charge in [-0.05, 0) is 43.2 Å². The third kappa shape index (κ3) is 4.38. The van der Waals surface area contributed by atoms with E-state index in [9.17, 15) is 14.4 Å². The molecule has 5 rings (SSSR count). The minimum Gasteiger partial charge on any atom is -0.497 e. The highest BCUT2D eigenvalue weighted by Crippen LogP contribution is 2.39. The average molecular weight is 478 g/mol. The highest BCUT2D eigenvalue weighted by Gasteiger charge is 2.55. The van der Waals surface area contributed by atoms with Gasteiger partial charge in [0.15, 0.2) is 0 Å². The van der Waals surface area contributed by atoms with Crippen molar-refractivity contribution in [1.82, 2.24) is 14.7 Å². The van der Waals surface area contributed by atoms with Crippen molar-refractivity contribution in [2.75, 3.05) is 39.9 Å². The number of benzene rings is 2. The van der Waals surface area contributed by atoms with Crippen LogP contribution < -0.4 is 4.74 Å². The molecule has 8 heteroatoms. The molecule has 0 unspecified atom stereocenters. The molecule has 0 saturated carbocycles. The van der Waals surface area contributed by atoms with Gasteiger partial charge in [-0.3, -0.25) is 19.3 Å². The number of hydrogen-bond donors (Lipinski definition) is 0. The minimum absolute atomic E-state index is 0.0430. The Kier molecular flexibility index (Phi) is 6.47. The third-order valence-corrected chi connectivity index (χ3v) is 7.35. The van der Waals surface area contributed by atoms with Crippen LogP contribution in [-0.4, -0.2) is 84.1 Å².